The summed E-state index contributed by atoms with van der Waals surface area (Å²) in [6.07, 6.45) is 0. The average molecular weight is 341 g/mol. The lowest BCUT2D eigenvalue weighted by Crippen LogP contribution is -2.29. The topological polar surface area (TPSA) is 33.5 Å². The first-order valence-corrected chi connectivity index (χ1v) is 7.84. The molecule has 0 N–H and O–H groups in total. The van der Waals surface area contributed by atoms with Crippen LogP contribution in [-0.4, -0.2) is 17.9 Å². The predicted octanol–water partition coefficient (Wildman–Crippen LogP) is 5.06. The highest BCUT2D eigenvalue weighted by atomic mass is 19.1. The molecule has 0 bridgehead atoms. The molecular weight excluding hydrogens is 324 g/mol. The van der Waals surface area contributed by atoms with Crippen molar-refractivity contribution >= 4 is 5.91 Å². The second kappa shape index (κ2) is 6.89. The third-order valence-corrected chi connectivity index (χ3v) is 4.20. The SMILES string of the molecule is CC(c1ccc(F)cc1)N(C)C(=O)c1ccc(-c2ccc(F)cc2)o1. The number of halogens is 2. The van der Waals surface area contributed by atoms with Gasteiger partial charge in [-0.3, -0.25) is 4.79 Å². The Morgan fingerprint density at radius 1 is 0.920 bits per heavy atom. The molecule has 0 aliphatic carbocycles. The molecule has 0 aliphatic rings. The van der Waals surface area contributed by atoms with Crippen LogP contribution < -0.4 is 0 Å². The molecule has 0 spiro atoms. The Balaban J connectivity index is 1.78. The fourth-order valence-corrected chi connectivity index (χ4v) is 2.54. The predicted molar refractivity (Wildman–Crippen MR) is 91.0 cm³/mol. The molecule has 1 heterocycles. The van der Waals surface area contributed by atoms with E-state index in [9.17, 15) is 13.6 Å². The molecular formula is C20H17F2NO2. The van der Waals surface area contributed by atoms with Crippen molar-refractivity contribution in [1.82, 2.24) is 4.90 Å². The summed E-state index contributed by atoms with van der Waals surface area (Å²) in [6, 6.07) is 14.9. The highest BCUT2D eigenvalue weighted by Gasteiger charge is 2.22. The minimum Gasteiger partial charge on any atom is -0.451 e. The van der Waals surface area contributed by atoms with Crippen molar-refractivity contribution in [3.8, 4) is 11.3 Å². The van der Waals surface area contributed by atoms with E-state index in [1.54, 1.807) is 43.4 Å². The van der Waals surface area contributed by atoms with Gasteiger partial charge in [0.2, 0.25) is 0 Å². The fourth-order valence-electron chi connectivity index (χ4n) is 2.54. The summed E-state index contributed by atoms with van der Waals surface area (Å²) in [5, 5.41) is 0. The summed E-state index contributed by atoms with van der Waals surface area (Å²) >= 11 is 0. The minimum atomic E-state index is -0.334. The van der Waals surface area contributed by atoms with Gasteiger partial charge in [0, 0.05) is 12.6 Å². The van der Waals surface area contributed by atoms with E-state index in [0.717, 1.165) is 5.56 Å². The lowest BCUT2D eigenvalue weighted by Gasteiger charge is -2.24. The number of benzene rings is 2. The van der Waals surface area contributed by atoms with Crippen molar-refractivity contribution in [3.63, 3.8) is 0 Å². The molecule has 1 unspecified atom stereocenters. The van der Waals surface area contributed by atoms with E-state index < -0.39 is 0 Å². The van der Waals surface area contributed by atoms with Crippen LogP contribution in [0.4, 0.5) is 8.78 Å². The molecule has 3 aromatic rings. The zero-order chi connectivity index (χ0) is 18.0. The number of hydrogen-bond acceptors (Lipinski definition) is 2. The number of carbonyl (C=O) groups is 1. The molecule has 1 atom stereocenters. The molecule has 0 saturated carbocycles. The van der Waals surface area contributed by atoms with Crippen molar-refractivity contribution in [2.75, 3.05) is 7.05 Å². The molecule has 1 amide bonds. The van der Waals surface area contributed by atoms with Gasteiger partial charge in [-0.2, -0.15) is 0 Å². The Morgan fingerprint density at radius 2 is 1.48 bits per heavy atom. The van der Waals surface area contributed by atoms with Gasteiger partial charge in [-0.05, 0) is 61.0 Å². The van der Waals surface area contributed by atoms with Gasteiger partial charge in [0.05, 0.1) is 6.04 Å². The first kappa shape index (κ1) is 16.9. The maximum absolute atomic E-state index is 13.0. The van der Waals surface area contributed by atoms with Gasteiger partial charge >= 0.3 is 0 Å². The van der Waals surface area contributed by atoms with Crippen LogP contribution in [0.5, 0.6) is 0 Å². The first-order valence-electron chi connectivity index (χ1n) is 7.84. The first-order chi connectivity index (χ1) is 12.0. The van der Waals surface area contributed by atoms with Gasteiger partial charge in [-0.15, -0.1) is 0 Å². The summed E-state index contributed by atoms with van der Waals surface area (Å²) < 4.78 is 31.7. The molecule has 3 nitrogen and oxygen atoms in total. The smallest absolute Gasteiger partial charge is 0.289 e. The maximum atomic E-state index is 13.0. The second-order valence-corrected chi connectivity index (χ2v) is 5.81. The molecule has 3 rings (SSSR count). The monoisotopic (exact) mass is 341 g/mol. The van der Waals surface area contributed by atoms with Gasteiger partial charge in [0.1, 0.15) is 17.4 Å². The zero-order valence-corrected chi connectivity index (χ0v) is 13.9. The highest BCUT2D eigenvalue weighted by molar-refractivity contribution is 5.92. The summed E-state index contributed by atoms with van der Waals surface area (Å²) in [7, 11) is 1.66. The number of carbonyl (C=O) groups excluding carboxylic acids is 1. The van der Waals surface area contributed by atoms with Crippen molar-refractivity contribution in [2.24, 2.45) is 0 Å². The second-order valence-electron chi connectivity index (χ2n) is 5.81. The van der Waals surface area contributed by atoms with E-state index in [4.69, 9.17) is 4.42 Å². The average Bonchev–Trinajstić information content (AvgIpc) is 3.11. The van der Waals surface area contributed by atoms with Gasteiger partial charge in [-0.1, -0.05) is 12.1 Å². The van der Waals surface area contributed by atoms with Gasteiger partial charge < -0.3 is 9.32 Å². The molecule has 25 heavy (non-hydrogen) atoms. The number of furan rings is 1. The lowest BCUT2D eigenvalue weighted by atomic mass is 10.1. The Morgan fingerprint density at radius 3 is 2.08 bits per heavy atom. The Bertz CT molecular complexity index is 869. The van der Waals surface area contributed by atoms with E-state index in [2.05, 4.69) is 0 Å². The molecule has 2 aromatic carbocycles. The summed E-state index contributed by atoms with van der Waals surface area (Å²) in [5.41, 5.74) is 1.51. The molecule has 128 valence electrons. The van der Waals surface area contributed by atoms with Crippen LogP contribution in [0.3, 0.4) is 0 Å². The van der Waals surface area contributed by atoms with Crippen molar-refractivity contribution in [2.45, 2.75) is 13.0 Å². The number of rotatable bonds is 4. The Hall–Kier alpha value is -2.95. The Labute approximate surface area is 144 Å². The molecule has 1 aromatic heterocycles. The molecule has 5 heteroatoms. The third-order valence-electron chi connectivity index (χ3n) is 4.20. The lowest BCUT2D eigenvalue weighted by molar-refractivity contribution is 0.0711. The normalized spacial score (nSPS) is 12.0. The van der Waals surface area contributed by atoms with Crippen molar-refractivity contribution in [1.29, 1.82) is 0 Å². The largest absolute Gasteiger partial charge is 0.451 e. The minimum absolute atomic E-state index is 0.191. The van der Waals surface area contributed by atoms with E-state index >= 15 is 0 Å². The zero-order valence-electron chi connectivity index (χ0n) is 13.9. The van der Waals surface area contributed by atoms with Gasteiger partial charge in [-0.25, -0.2) is 8.78 Å². The van der Waals surface area contributed by atoms with Crippen LogP contribution in [0, 0.1) is 11.6 Å². The van der Waals surface area contributed by atoms with E-state index in [1.807, 2.05) is 6.92 Å². The number of nitrogens with zero attached hydrogens (tertiary/aromatic N) is 1. The van der Waals surface area contributed by atoms with Crippen LogP contribution >= 0.6 is 0 Å². The van der Waals surface area contributed by atoms with Crippen LogP contribution in [-0.2, 0) is 0 Å². The number of amides is 1. The summed E-state index contributed by atoms with van der Waals surface area (Å²) in [5.74, 6) is -0.258. The maximum Gasteiger partial charge on any atom is 0.289 e. The number of hydrogen-bond donors (Lipinski definition) is 0. The highest BCUT2D eigenvalue weighted by Crippen LogP contribution is 2.25. The van der Waals surface area contributed by atoms with Crippen molar-refractivity contribution in [3.05, 3.63) is 83.6 Å². The van der Waals surface area contributed by atoms with Crippen LogP contribution in [0.15, 0.2) is 65.1 Å². The molecule has 0 saturated heterocycles. The van der Waals surface area contributed by atoms with E-state index in [0.29, 0.717) is 11.3 Å². The van der Waals surface area contributed by atoms with Crippen LogP contribution in [0.1, 0.15) is 29.1 Å². The van der Waals surface area contributed by atoms with E-state index in [1.165, 1.54) is 29.2 Å². The third kappa shape index (κ3) is 3.60. The standard InChI is InChI=1S/C20H17F2NO2/c1-13(14-3-7-16(21)8-4-14)23(2)20(24)19-12-11-18(25-19)15-5-9-17(22)10-6-15/h3-13H,1-2H3. The summed E-state index contributed by atoms with van der Waals surface area (Å²) in [6.45, 7) is 1.86. The van der Waals surface area contributed by atoms with Crippen LogP contribution in [0.2, 0.25) is 0 Å². The fraction of sp³-hybridized carbons (Fsp3) is 0.150. The molecule has 0 fully saturated rings. The van der Waals surface area contributed by atoms with Crippen molar-refractivity contribution < 1.29 is 18.0 Å². The van der Waals surface area contributed by atoms with Gasteiger partial charge in [0.25, 0.3) is 5.91 Å². The van der Waals surface area contributed by atoms with Crippen LogP contribution in [0.25, 0.3) is 11.3 Å². The quantitative estimate of drug-likeness (QED) is 0.665. The van der Waals surface area contributed by atoms with E-state index in [-0.39, 0.29) is 29.3 Å². The molecule has 0 aliphatic heterocycles. The Kier molecular flexibility index (Phi) is 4.65. The summed E-state index contributed by atoms with van der Waals surface area (Å²) in [4.78, 5) is 14.2. The van der Waals surface area contributed by atoms with Gasteiger partial charge in [0.15, 0.2) is 5.76 Å². The molecule has 0 radical (unpaired) electrons.